The van der Waals surface area contributed by atoms with Gasteiger partial charge in [-0.05, 0) is 13.3 Å². The Morgan fingerprint density at radius 1 is 1.44 bits per heavy atom. The van der Waals surface area contributed by atoms with E-state index in [2.05, 4.69) is 18.7 Å². The number of piperidine rings is 1. The fourth-order valence-corrected chi connectivity index (χ4v) is 2.31. The number of rotatable bonds is 4. The van der Waals surface area contributed by atoms with Crippen molar-refractivity contribution < 1.29 is 14.3 Å². The molecule has 0 aliphatic carbocycles. The van der Waals surface area contributed by atoms with Gasteiger partial charge < -0.3 is 9.47 Å². The number of esters is 1. The first kappa shape index (κ1) is 13.5. The fourth-order valence-electron chi connectivity index (χ4n) is 2.31. The van der Waals surface area contributed by atoms with E-state index in [1.165, 1.54) is 6.92 Å². The van der Waals surface area contributed by atoms with Gasteiger partial charge in [0.15, 0.2) is 0 Å². The van der Waals surface area contributed by atoms with Crippen LogP contribution in [0.2, 0.25) is 0 Å². The number of hydrogen-bond acceptors (Lipinski definition) is 4. The van der Waals surface area contributed by atoms with Crippen molar-refractivity contribution in [2.75, 3.05) is 26.8 Å². The summed E-state index contributed by atoms with van der Waals surface area (Å²) < 4.78 is 10.4. The van der Waals surface area contributed by atoms with Gasteiger partial charge >= 0.3 is 5.97 Å². The SMILES string of the molecule is COCCN1CC[C@@H](OC(C)=O)[C@@H](C)[C@@H]1C. The molecule has 1 aliphatic heterocycles. The van der Waals surface area contributed by atoms with Crippen LogP contribution >= 0.6 is 0 Å². The molecule has 3 atom stereocenters. The molecule has 1 heterocycles. The second-order valence-electron chi connectivity index (χ2n) is 4.57. The Morgan fingerprint density at radius 3 is 2.69 bits per heavy atom. The van der Waals surface area contributed by atoms with Crippen molar-refractivity contribution in [3.8, 4) is 0 Å². The lowest BCUT2D eigenvalue weighted by Crippen LogP contribution is -2.50. The molecule has 0 spiro atoms. The Labute approximate surface area is 97.9 Å². The van der Waals surface area contributed by atoms with E-state index in [0.29, 0.717) is 12.0 Å². The molecule has 0 N–H and O–H groups in total. The summed E-state index contributed by atoms with van der Waals surface area (Å²) in [4.78, 5) is 13.4. The molecular formula is C12H23NO3. The highest BCUT2D eigenvalue weighted by molar-refractivity contribution is 5.66. The van der Waals surface area contributed by atoms with E-state index < -0.39 is 0 Å². The number of likely N-dealkylation sites (tertiary alicyclic amines) is 1. The Bertz CT molecular complexity index is 232. The molecule has 0 aromatic heterocycles. The lowest BCUT2D eigenvalue weighted by molar-refractivity contribution is -0.153. The maximum absolute atomic E-state index is 11.0. The third kappa shape index (κ3) is 3.46. The topological polar surface area (TPSA) is 38.8 Å². The van der Waals surface area contributed by atoms with E-state index in [-0.39, 0.29) is 12.1 Å². The normalized spacial score (nSPS) is 31.4. The molecular weight excluding hydrogens is 206 g/mol. The maximum Gasteiger partial charge on any atom is 0.302 e. The minimum Gasteiger partial charge on any atom is -0.462 e. The van der Waals surface area contributed by atoms with Crippen molar-refractivity contribution in [3.63, 3.8) is 0 Å². The first-order chi connectivity index (χ1) is 7.56. The molecule has 4 nitrogen and oxygen atoms in total. The number of carbonyl (C=O) groups excluding carboxylic acids is 1. The number of methoxy groups -OCH3 is 1. The van der Waals surface area contributed by atoms with Crippen LogP contribution in [0.3, 0.4) is 0 Å². The summed E-state index contributed by atoms with van der Waals surface area (Å²) in [6, 6.07) is 0.438. The quantitative estimate of drug-likeness (QED) is 0.681. The van der Waals surface area contributed by atoms with E-state index in [4.69, 9.17) is 9.47 Å². The molecule has 0 radical (unpaired) electrons. The van der Waals surface area contributed by atoms with Gasteiger partial charge in [-0.15, -0.1) is 0 Å². The lowest BCUT2D eigenvalue weighted by atomic mass is 9.89. The summed E-state index contributed by atoms with van der Waals surface area (Å²) in [6.45, 7) is 8.51. The standard InChI is InChI=1S/C12H23NO3/c1-9-10(2)13(7-8-15-4)6-5-12(9)16-11(3)14/h9-10,12H,5-8H2,1-4H3/t9-,10-,12+/m0/s1. The zero-order chi connectivity index (χ0) is 12.1. The summed E-state index contributed by atoms with van der Waals surface area (Å²) in [7, 11) is 1.72. The fraction of sp³-hybridized carbons (Fsp3) is 0.917. The van der Waals surface area contributed by atoms with Crippen molar-refractivity contribution in [2.24, 2.45) is 5.92 Å². The van der Waals surface area contributed by atoms with Gasteiger partial charge in [0.25, 0.3) is 0 Å². The first-order valence-electron chi connectivity index (χ1n) is 5.96. The summed E-state index contributed by atoms with van der Waals surface area (Å²) in [5, 5.41) is 0. The van der Waals surface area contributed by atoms with Crippen LogP contribution in [-0.2, 0) is 14.3 Å². The monoisotopic (exact) mass is 229 g/mol. The molecule has 1 fully saturated rings. The summed E-state index contributed by atoms with van der Waals surface area (Å²) in [5.74, 6) is 0.212. The number of hydrogen-bond donors (Lipinski definition) is 0. The zero-order valence-corrected chi connectivity index (χ0v) is 10.7. The van der Waals surface area contributed by atoms with E-state index in [9.17, 15) is 4.79 Å². The average molecular weight is 229 g/mol. The van der Waals surface area contributed by atoms with Crippen LogP contribution in [-0.4, -0.2) is 49.8 Å². The predicted molar refractivity (Wildman–Crippen MR) is 62.2 cm³/mol. The lowest BCUT2D eigenvalue weighted by Gasteiger charge is -2.41. The average Bonchev–Trinajstić information content (AvgIpc) is 2.23. The summed E-state index contributed by atoms with van der Waals surface area (Å²) >= 11 is 0. The Balaban J connectivity index is 2.47. The van der Waals surface area contributed by atoms with Crippen LogP contribution in [0, 0.1) is 5.92 Å². The van der Waals surface area contributed by atoms with E-state index >= 15 is 0 Å². The number of ether oxygens (including phenoxy) is 2. The predicted octanol–water partition coefficient (Wildman–Crippen LogP) is 1.29. The van der Waals surface area contributed by atoms with E-state index in [1.807, 2.05) is 0 Å². The van der Waals surface area contributed by atoms with Crippen LogP contribution in [0.1, 0.15) is 27.2 Å². The van der Waals surface area contributed by atoms with Gasteiger partial charge in [0.1, 0.15) is 6.10 Å². The van der Waals surface area contributed by atoms with Crippen molar-refractivity contribution in [1.29, 1.82) is 0 Å². The minimum atomic E-state index is -0.172. The molecule has 1 saturated heterocycles. The van der Waals surface area contributed by atoms with Gasteiger partial charge in [0, 0.05) is 39.1 Å². The van der Waals surface area contributed by atoms with Crippen LogP contribution in [0.25, 0.3) is 0 Å². The highest BCUT2D eigenvalue weighted by Gasteiger charge is 2.33. The largest absolute Gasteiger partial charge is 0.462 e. The highest BCUT2D eigenvalue weighted by atomic mass is 16.5. The molecule has 0 bridgehead atoms. The molecule has 4 heteroatoms. The van der Waals surface area contributed by atoms with Gasteiger partial charge in [-0.25, -0.2) is 0 Å². The van der Waals surface area contributed by atoms with E-state index in [0.717, 1.165) is 26.1 Å². The van der Waals surface area contributed by atoms with Crippen molar-refractivity contribution in [1.82, 2.24) is 4.90 Å². The molecule has 94 valence electrons. The number of nitrogens with zero attached hydrogens (tertiary/aromatic N) is 1. The Kier molecular flexibility index (Phi) is 5.22. The minimum absolute atomic E-state index is 0.0753. The maximum atomic E-state index is 11.0. The molecule has 0 unspecified atom stereocenters. The third-order valence-electron chi connectivity index (χ3n) is 3.52. The molecule has 16 heavy (non-hydrogen) atoms. The second kappa shape index (κ2) is 6.21. The zero-order valence-electron chi connectivity index (χ0n) is 10.7. The van der Waals surface area contributed by atoms with Gasteiger partial charge in [-0.1, -0.05) is 6.92 Å². The van der Waals surface area contributed by atoms with Crippen molar-refractivity contribution >= 4 is 5.97 Å². The van der Waals surface area contributed by atoms with Crippen LogP contribution < -0.4 is 0 Å². The molecule has 0 aromatic carbocycles. The number of carbonyl (C=O) groups is 1. The molecule has 0 saturated carbocycles. The Hall–Kier alpha value is -0.610. The first-order valence-corrected chi connectivity index (χ1v) is 5.96. The molecule has 0 aromatic rings. The van der Waals surface area contributed by atoms with Crippen LogP contribution in [0.15, 0.2) is 0 Å². The van der Waals surface area contributed by atoms with Crippen LogP contribution in [0.4, 0.5) is 0 Å². The summed E-state index contributed by atoms with van der Waals surface area (Å²) in [5.41, 5.74) is 0. The second-order valence-corrected chi connectivity index (χ2v) is 4.57. The van der Waals surface area contributed by atoms with E-state index in [1.54, 1.807) is 7.11 Å². The highest BCUT2D eigenvalue weighted by Crippen LogP contribution is 2.25. The van der Waals surface area contributed by atoms with Gasteiger partial charge in [-0.3, -0.25) is 9.69 Å². The molecule has 1 aliphatic rings. The smallest absolute Gasteiger partial charge is 0.302 e. The summed E-state index contributed by atoms with van der Waals surface area (Å²) in [6.07, 6.45) is 1.00. The molecule has 0 amide bonds. The third-order valence-corrected chi connectivity index (χ3v) is 3.52. The van der Waals surface area contributed by atoms with Gasteiger partial charge in [0.2, 0.25) is 0 Å². The van der Waals surface area contributed by atoms with Crippen molar-refractivity contribution in [3.05, 3.63) is 0 Å². The van der Waals surface area contributed by atoms with Crippen molar-refractivity contribution in [2.45, 2.75) is 39.3 Å². The van der Waals surface area contributed by atoms with Crippen LogP contribution in [0.5, 0.6) is 0 Å². The molecule has 1 rings (SSSR count). The Morgan fingerprint density at radius 2 is 2.12 bits per heavy atom. The van der Waals surface area contributed by atoms with Gasteiger partial charge in [0.05, 0.1) is 6.61 Å². The van der Waals surface area contributed by atoms with Gasteiger partial charge in [-0.2, -0.15) is 0 Å².